The summed E-state index contributed by atoms with van der Waals surface area (Å²) in [6.45, 7) is 1.64. The van der Waals surface area contributed by atoms with E-state index in [0.717, 1.165) is 5.69 Å². The van der Waals surface area contributed by atoms with Gasteiger partial charge in [0.15, 0.2) is 5.69 Å². The van der Waals surface area contributed by atoms with Crippen LogP contribution in [-0.2, 0) is 11.6 Å². The summed E-state index contributed by atoms with van der Waals surface area (Å²) in [5, 5.41) is 6.97. The van der Waals surface area contributed by atoms with Gasteiger partial charge in [-0.1, -0.05) is 41.4 Å². The predicted octanol–water partition coefficient (Wildman–Crippen LogP) is 4.91. The molecule has 1 fully saturated rings. The smallest absolute Gasteiger partial charge is 0.382 e. The van der Waals surface area contributed by atoms with Crippen molar-refractivity contribution in [2.24, 2.45) is 0 Å². The SMILES string of the molecule is FC(F)(F)c1nc2ccccc2c(NCC2(c3ccc(Cl)cn3)CNC2)c1Cl. The fourth-order valence-corrected chi connectivity index (χ4v) is 3.75. The molecule has 1 aliphatic heterocycles. The van der Waals surface area contributed by atoms with Crippen LogP contribution in [0.4, 0.5) is 18.9 Å². The highest BCUT2D eigenvalue weighted by molar-refractivity contribution is 6.35. The second-order valence-electron chi connectivity index (χ2n) is 6.76. The lowest BCUT2D eigenvalue weighted by atomic mass is 9.78. The Morgan fingerprint density at radius 1 is 1.11 bits per heavy atom. The molecule has 146 valence electrons. The first-order chi connectivity index (χ1) is 13.3. The first-order valence-electron chi connectivity index (χ1n) is 8.52. The average molecular weight is 427 g/mol. The number of fused-ring (bicyclic) bond motifs is 1. The second-order valence-corrected chi connectivity index (χ2v) is 7.58. The number of aromatic nitrogens is 2. The molecule has 0 aliphatic carbocycles. The lowest BCUT2D eigenvalue weighted by molar-refractivity contribution is -0.140. The number of nitrogens with one attached hydrogen (secondary N) is 2. The standard InChI is InChI=1S/C19H15Cl2F3N4/c20-11-5-6-14(26-7-11)18(8-25-9-18)10-27-16-12-3-1-2-4-13(12)28-17(15(16)21)19(22,23)24/h1-7,25H,8-10H2,(H,27,28). The van der Waals surface area contributed by atoms with E-state index in [-0.39, 0.29) is 16.6 Å². The second kappa shape index (κ2) is 7.06. The van der Waals surface area contributed by atoms with Crippen LogP contribution in [0.2, 0.25) is 10.0 Å². The van der Waals surface area contributed by atoms with E-state index in [9.17, 15) is 13.2 Å². The zero-order chi connectivity index (χ0) is 19.9. The van der Waals surface area contributed by atoms with Crippen LogP contribution in [0.5, 0.6) is 0 Å². The van der Waals surface area contributed by atoms with E-state index in [0.29, 0.717) is 30.0 Å². The summed E-state index contributed by atoms with van der Waals surface area (Å²) in [6, 6.07) is 10.2. The first kappa shape index (κ1) is 19.2. The van der Waals surface area contributed by atoms with Crippen LogP contribution in [0.15, 0.2) is 42.6 Å². The minimum atomic E-state index is -4.65. The van der Waals surface area contributed by atoms with Crippen LogP contribution in [0.25, 0.3) is 10.9 Å². The lowest BCUT2D eigenvalue weighted by Crippen LogP contribution is -2.60. The third-order valence-corrected chi connectivity index (χ3v) is 5.49. The number of anilines is 1. The van der Waals surface area contributed by atoms with Gasteiger partial charge in [-0.25, -0.2) is 4.98 Å². The number of alkyl halides is 3. The monoisotopic (exact) mass is 426 g/mol. The molecule has 0 saturated carbocycles. The summed E-state index contributed by atoms with van der Waals surface area (Å²) in [5.74, 6) is 0. The van der Waals surface area contributed by atoms with Gasteiger partial charge >= 0.3 is 6.18 Å². The Bertz CT molecular complexity index is 1020. The summed E-state index contributed by atoms with van der Waals surface area (Å²) in [4.78, 5) is 8.11. The zero-order valence-electron chi connectivity index (χ0n) is 14.4. The molecule has 0 atom stereocenters. The van der Waals surface area contributed by atoms with Crippen molar-refractivity contribution in [2.75, 3.05) is 25.0 Å². The van der Waals surface area contributed by atoms with E-state index < -0.39 is 16.9 Å². The maximum absolute atomic E-state index is 13.4. The van der Waals surface area contributed by atoms with Crippen molar-refractivity contribution < 1.29 is 13.2 Å². The van der Waals surface area contributed by atoms with Gasteiger partial charge in [0.1, 0.15) is 0 Å². The van der Waals surface area contributed by atoms with Crippen molar-refractivity contribution in [3.05, 3.63) is 64.0 Å². The summed E-state index contributed by atoms with van der Waals surface area (Å²) in [7, 11) is 0. The number of rotatable bonds is 4. The third kappa shape index (κ3) is 3.38. The van der Waals surface area contributed by atoms with Crippen LogP contribution < -0.4 is 10.6 Å². The summed E-state index contributed by atoms with van der Waals surface area (Å²) in [6.07, 6.45) is -3.08. The van der Waals surface area contributed by atoms with E-state index in [1.54, 1.807) is 30.5 Å². The number of hydrogen-bond acceptors (Lipinski definition) is 4. The number of hydrogen-bond donors (Lipinski definition) is 2. The molecule has 2 aromatic heterocycles. The van der Waals surface area contributed by atoms with Crippen molar-refractivity contribution in [2.45, 2.75) is 11.6 Å². The molecule has 4 rings (SSSR count). The average Bonchev–Trinajstić information content (AvgIpc) is 2.62. The Hall–Kier alpha value is -2.09. The molecule has 0 unspecified atom stereocenters. The van der Waals surface area contributed by atoms with Crippen LogP contribution >= 0.6 is 23.2 Å². The van der Waals surface area contributed by atoms with E-state index >= 15 is 0 Å². The van der Waals surface area contributed by atoms with E-state index in [4.69, 9.17) is 23.2 Å². The maximum Gasteiger partial charge on any atom is 0.434 e. The number of benzene rings is 1. The molecule has 28 heavy (non-hydrogen) atoms. The van der Waals surface area contributed by atoms with Crippen LogP contribution in [0.1, 0.15) is 11.4 Å². The van der Waals surface area contributed by atoms with E-state index in [2.05, 4.69) is 20.6 Å². The number of pyridine rings is 2. The highest BCUT2D eigenvalue weighted by Gasteiger charge is 2.41. The lowest BCUT2D eigenvalue weighted by Gasteiger charge is -2.42. The van der Waals surface area contributed by atoms with Crippen molar-refractivity contribution in [3.63, 3.8) is 0 Å². The molecule has 1 aromatic carbocycles. The summed E-state index contributed by atoms with van der Waals surface area (Å²) >= 11 is 12.1. The Labute approximate surface area is 169 Å². The van der Waals surface area contributed by atoms with Gasteiger partial charge in [-0.05, 0) is 18.2 Å². The van der Waals surface area contributed by atoms with Gasteiger partial charge in [-0.3, -0.25) is 4.98 Å². The normalized spacial score (nSPS) is 16.0. The number of halogens is 5. The zero-order valence-corrected chi connectivity index (χ0v) is 16.0. The molecule has 1 saturated heterocycles. The van der Waals surface area contributed by atoms with Crippen molar-refractivity contribution >= 4 is 39.8 Å². The van der Waals surface area contributed by atoms with Gasteiger partial charge in [0.25, 0.3) is 0 Å². The molecule has 3 heterocycles. The molecule has 4 nitrogen and oxygen atoms in total. The van der Waals surface area contributed by atoms with Gasteiger partial charge in [0, 0.05) is 31.2 Å². The molecule has 0 amide bonds. The highest BCUT2D eigenvalue weighted by atomic mass is 35.5. The van der Waals surface area contributed by atoms with Gasteiger partial charge in [-0.15, -0.1) is 0 Å². The van der Waals surface area contributed by atoms with Gasteiger partial charge in [-0.2, -0.15) is 13.2 Å². The third-order valence-electron chi connectivity index (χ3n) is 4.90. The van der Waals surface area contributed by atoms with Crippen LogP contribution in [0.3, 0.4) is 0 Å². The number of nitrogens with zero attached hydrogens (tertiary/aromatic N) is 2. The summed E-state index contributed by atoms with van der Waals surface area (Å²) < 4.78 is 40.2. The molecule has 0 radical (unpaired) electrons. The van der Waals surface area contributed by atoms with E-state index in [1.165, 1.54) is 6.07 Å². The van der Waals surface area contributed by atoms with Gasteiger partial charge in [0.05, 0.1) is 32.4 Å². The molecule has 1 aliphatic rings. The highest BCUT2D eigenvalue weighted by Crippen LogP contribution is 2.41. The fourth-order valence-electron chi connectivity index (χ4n) is 3.32. The molecule has 0 bridgehead atoms. The van der Waals surface area contributed by atoms with Gasteiger partial charge < -0.3 is 10.6 Å². The maximum atomic E-state index is 13.4. The molecule has 9 heteroatoms. The minimum absolute atomic E-state index is 0.222. The Balaban J connectivity index is 1.73. The molecule has 3 aromatic rings. The molecular formula is C19H15Cl2F3N4. The fraction of sp³-hybridized carbons (Fsp3) is 0.263. The van der Waals surface area contributed by atoms with Crippen molar-refractivity contribution in [1.29, 1.82) is 0 Å². The minimum Gasteiger partial charge on any atom is -0.382 e. The Morgan fingerprint density at radius 3 is 2.46 bits per heavy atom. The Kier molecular flexibility index (Phi) is 4.85. The molecule has 2 N–H and O–H groups in total. The molecule has 0 spiro atoms. The Morgan fingerprint density at radius 2 is 1.86 bits per heavy atom. The predicted molar refractivity (Wildman–Crippen MR) is 104 cm³/mol. The van der Waals surface area contributed by atoms with Crippen molar-refractivity contribution in [1.82, 2.24) is 15.3 Å². The van der Waals surface area contributed by atoms with Crippen molar-refractivity contribution in [3.8, 4) is 0 Å². The van der Waals surface area contributed by atoms with Crippen LogP contribution in [0, 0.1) is 0 Å². The molecular weight excluding hydrogens is 412 g/mol. The quantitative estimate of drug-likeness (QED) is 0.622. The number of para-hydroxylation sites is 1. The van der Waals surface area contributed by atoms with E-state index in [1.807, 2.05) is 6.07 Å². The topological polar surface area (TPSA) is 49.8 Å². The van der Waals surface area contributed by atoms with Gasteiger partial charge in [0.2, 0.25) is 0 Å². The largest absolute Gasteiger partial charge is 0.434 e. The first-order valence-corrected chi connectivity index (χ1v) is 9.28. The van der Waals surface area contributed by atoms with Crippen LogP contribution in [-0.4, -0.2) is 29.6 Å². The summed E-state index contributed by atoms with van der Waals surface area (Å²) in [5.41, 5.74) is -0.196.